The number of aliphatic imine (C=N–C) groups is 2. The third-order valence-electron chi connectivity index (χ3n) is 8.41. The molecule has 0 heterocycles. The molecule has 0 fully saturated rings. The van der Waals surface area contributed by atoms with Gasteiger partial charge in [0, 0.05) is 22.5 Å². The highest BCUT2D eigenvalue weighted by molar-refractivity contribution is 7.90. The summed E-state index contributed by atoms with van der Waals surface area (Å²) in [6.07, 6.45) is 10.6. The Balaban J connectivity index is 1.14. The van der Waals surface area contributed by atoms with E-state index in [-0.39, 0.29) is 56.2 Å². The Morgan fingerprint density at radius 1 is 0.534 bits per heavy atom. The Morgan fingerprint density at radius 2 is 0.914 bits per heavy atom. The Labute approximate surface area is 329 Å². The predicted octanol–water partition coefficient (Wildman–Crippen LogP) is 3.42. The molecule has 6 N–H and O–H groups in total. The smallest absolute Gasteiger partial charge is 0.308 e. The molecule has 0 aromatic heterocycles. The van der Waals surface area contributed by atoms with Gasteiger partial charge in [-0.1, -0.05) is 24.3 Å². The lowest BCUT2D eigenvalue weighted by atomic mass is 9.92. The Hall–Kier alpha value is -6.05. The molecule has 0 spiro atoms. The summed E-state index contributed by atoms with van der Waals surface area (Å²) in [5.74, 6) is -1.66. The Morgan fingerprint density at radius 3 is 1.26 bits per heavy atom. The van der Waals surface area contributed by atoms with Crippen LogP contribution in [0.15, 0.2) is 151 Å². The Kier molecular flexibility index (Phi) is 11.0. The van der Waals surface area contributed by atoms with Gasteiger partial charge in [-0.25, -0.2) is 14.8 Å². The summed E-state index contributed by atoms with van der Waals surface area (Å²) < 4.78 is 133. The van der Waals surface area contributed by atoms with Gasteiger partial charge in [-0.15, -0.1) is 0 Å². The van der Waals surface area contributed by atoms with Crippen molar-refractivity contribution >= 4 is 81.1 Å². The third kappa shape index (κ3) is 9.55. The molecule has 58 heavy (non-hydrogen) atoms. The molecule has 2 aromatic rings. The van der Waals surface area contributed by atoms with Crippen LogP contribution in [-0.4, -0.2) is 91.7 Å². The number of fused-ring (bicyclic) bond motifs is 2. The van der Waals surface area contributed by atoms with E-state index in [0.29, 0.717) is 12.2 Å². The standard InChI is InChI=1S/C35H26N4O15S4/c40-33(36-25-9-7-19-13-27(55(43,44)45)17-31(29(19)15-25)57(49,50)51)21-3-1-5-23(11-21)38-35(42)39-24-6-2-4-22(12-24)34(41)37-26-10-8-20-14-28(56(46,47)48)18-32(30(20)16-26)58(52,53)54/h1-18,31-32H,(H2,38,39,42)(H,43,44,45)(H,46,47,48)(H,49,50,51)(H,52,53,54). The van der Waals surface area contributed by atoms with Gasteiger partial charge in [-0.05, 0) is 107 Å². The quantitative estimate of drug-likeness (QED) is 0.207. The van der Waals surface area contributed by atoms with Crippen LogP contribution in [0.1, 0.15) is 20.7 Å². The molecular formula is C35H26N4O15S4. The number of amides is 4. The first-order chi connectivity index (χ1) is 27.0. The van der Waals surface area contributed by atoms with Crippen LogP contribution >= 0.6 is 0 Å². The van der Waals surface area contributed by atoms with E-state index in [0.717, 1.165) is 24.3 Å². The number of rotatable bonds is 8. The summed E-state index contributed by atoms with van der Waals surface area (Å²) in [6, 6.07) is 10.3. The number of hydrogen-bond acceptors (Lipinski definition) is 11. The van der Waals surface area contributed by atoms with Gasteiger partial charge in [0.05, 0.1) is 21.2 Å². The van der Waals surface area contributed by atoms with E-state index in [1.54, 1.807) is 0 Å². The lowest BCUT2D eigenvalue weighted by molar-refractivity contribution is 0.0995. The second kappa shape index (κ2) is 15.4. The molecule has 2 unspecified atom stereocenters. The molecule has 0 radical (unpaired) electrons. The number of nitrogens with zero attached hydrogens (tertiary/aromatic N) is 2. The number of anilines is 2. The average Bonchev–Trinajstić information content (AvgIpc) is 3.12. The number of urea groups is 1. The monoisotopic (exact) mass is 870 g/mol. The van der Waals surface area contributed by atoms with Crippen LogP contribution in [0.4, 0.5) is 16.2 Å². The maximum absolute atomic E-state index is 13.1. The molecule has 19 nitrogen and oxygen atoms in total. The van der Waals surface area contributed by atoms with Crippen molar-refractivity contribution in [2.75, 3.05) is 10.6 Å². The highest BCUT2D eigenvalue weighted by atomic mass is 32.2. The first-order valence-corrected chi connectivity index (χ1v) is 21.9. The van der Waals surface area contributed by atoms with Crippen molar-refractivity contribution in [2.45, 2.75) is 10.5 Å². The van der Waals surface area contributed by atoms with Gasteiger partial charge in [-0.3, -0.25) is 27.8 Å². The zero-order valence-electron chi connectivity index (χ0n) is 28.9. The maximum Gasteiger partial charge on any atom is 0.323 e. The molecule has 0 saturated carbocycles. The normalized spacial score (nSPS) is 20.7. The lowest BCUT2D eigenvalue weighted by Crippen LogP contribution is -2.27. The fourth-order valence-corrected chi connectivity index (χ4v) is 8.86. The Bertz CT molecular complexity index is 2800. The number of nitrogens with one attached hydrogen (secondary N) is 2. The van der Waals surface area contributed by atoms with Gasteiger partial charge in [0.25, 0.3) is 52.3 Å². The van der Waals surface area contributed by atoms with Crippen molar-refractivity contribution < 1.29 is 66.3 Å². The van der Waals surface area contributed by atoms with Gasteiger partial charge < -0.3 is 10.6 Å². The topological polar surface area (TPSA) is 317 Å². The van der Waals surface area contributed by atoms with E-state index in [2.05, 4.69) is 20.6 Å². The van der Waals surface area contributed by atoms with Crippen molar-refractivity contribution in [3.63, 3.8) is 0 Å². The second-order valence-corrected chi connectivity index (χ2v) is 18.4. The molecule has 4 aliphatic rings. The van der Waals surface area contributed by atoms with Crippen molar-refractivity contribution in [3.8, 4) is 0 Å². The lowest BCUT2D eigenvalue weighted by Gasteiger charge is -2.23. The minimum Gasteiger partial charge on any atom is -0.308 e. The molecule has 0 saturated heterocycles. The molecule has 6 rings (SSSR count). The molecule has 23 heteroatoms. The number of carbonyl (C=O) groups excluding carboxylic acids is 3. The second-order valence-electron chi connectivity index (χ2n) is 12.4. The fourth-order valence-electron chi connectivity index (χ4n) is 5.83. The molecule has 0 bridgehead atoms. The summed E-state index contributed by atoms with van der Waals surface area (Å²) in [5, 5.41) is 1.25. The first kappa shape index (κ1) is 41.6. The summed E-state index contributed by atoms with van der Waals surface area (Å²) in [4.78, 5) is 45.4. The molecule has 4 amide bonds. The van der Waals surface area contributed by atoms with E-state index >= 15 is 0 Å². The maximum atomic E-state index is 13.1. The van der Waals surface area contributed by atoms with E-state index < -0.39 is 78.6 Å². The molecule has 2 aromatic carbocycles. The third-order valence-corrected chi connectivity index (χ3v) is 12.2. The SMILES string of the molecule is O=C(Nc1cccc(C(=O)N=C2C=CC3=CC(S(=O)(=O)O)=CC(S(=O)(=O)O)C3=C2)c1)Nc1cccc(C(=O)N=C2C=CC3=CC(S(=O)(=O)O)=CC(S(=O)(=O)O)C3=C2)c1. The van der Waals surface area contributed by atoms with Crippen LogP contribution in [0, 0.1) is 0 Å². The van der Waals surface area contributed by atoms with Gasteiger partial charge in [0.15, 0.2) is 0 Å². The van der Waals surface area contributed by atoms with Gasteiger partial charge in [0.1, 0.15) is 10.5 Å². The highest BCUT2D eigenvalue weighted by Crippen LogP contribution is 2.34. The van der Waals surface area contributed by atoms with E-state index in [1.165, 1.54) is 72.8 Å². The number of benzene rings is 2. The number of allylic oxidation sites excluding steroid dienone is 10. The van der Waals surface area contributed by atoms with Crippen molar-refractivity contribution in [1.29, 1.82) is 0 Å². The minimum atomic E-state index is -4.92. The van der Waals surface area contributed by atoms with Crippen LogP contribution in [0.5, 0.6) is 0 Å². The minimum absolute atomic E-state index is 0.0194. The summed E-state index contributed by atoms with van der Waals surface area (Å²) in [7, 11) is -19.5. The molecule has 4 aliphatic carbocycles. The zero-order chi connectivity index (χ0) is 42.4. The summed E-state index contributed by atoms with van der Waals surface area (Å²) >= 11 is 0. The van der Waals surface area contributed by atoms with Crippen molar-refractivity contribution in [3.05, 3.63) is 153 Å². The molecule has 0 aliphatic heterocycles. The van der Waals surface area contributed by atoms with Gasteiger partial charge in [0.2, 0.25) is 0 Å². The molecular weight excluding hydrogens is 845 g/mol. The molecule has 300 valence electrons. The predicted molar refractivity (Wildman–Crippen MR) is 210 cm³/mol. The largest absolute Gasteiger partial charge is 0.323 e. The van der Waals surface area contributed by atoms with E-state index in [9.17, 15) is 66.3 Å². The van der Waals surface area contributed by atoms with Crippen LogP contribution in [0.25, 0.3) is 0 Å². The van der Waals surface area contributed by atoms with Gasteiger partial charge in [-0.2, -0.15) is 33.7 Å². The van der Waals surface area contributed by atoms with Crippen LogP contribution in [0.2, 0.25) is 0 Å². The van der Waals surface area contributed by atoms with Crippen molar-refractivity contribution in [2.24, 2.45) is 9.98 Å². The summed E-state index contributed by atoms with van der Waals surface area (Å²) in [6.45, 7) is 0. The molecule has 2 atom stereocenters. The fraction of sp³-hybridized carbons (Fsp3) is 0.0571. The zero-order valence-corrected chi connectivity index (χ0v) is 32.1. The highest BCUT2D eigenvalue weighted by Gasteiger charge is 2.35. The van der Waals surface area contributed by atoms with Crippen LogP contribution in [-0.2, 0) is 40.5 Å². The number of carbonyl (C=O) groups is 3. The van der Waals surface area contributed by atoms with Gasteiger partial charge >= 0.3 is 6.03 Å². The van der Waals surface area contributed by atoms with Crippen LogP contribution in [0.3, 0.4) is 0 Å². The first-order valence-electron chi connectivity index (χ1n) is 16.0. The summed E-state index contributed by atoms with van der Waals surface area (Å²) in [5.41, 5.74) is -0.0942. The van der Waals surface area contributed by atoms with Crippen molar-refractivity contribution in [1.82, 2.24) is 0 Å². The number of hydrogen-bond donors (Lipinski definition) is 6. The van der Waals surface area contributed by atoms with E-state index in [4.69, 9.17) is 0 Å². The average molecular weight is 871 g/mol. The van der Waals surface area contributed by atoms with E-state index in [1.807, 2.05) is 0 Å². The van der Waals surface area contributed by atoms with Crippen LogP contribution < -0.4 is 10.6 Å².